The van der Waals surface area contributed by atoms with Crippen molar-refractivity contribution in [1.82, 2.24) is 0 Å². The Morgan fingerprint density at radius 1 is 1.03 bits per heavy atom. The number of methoxy groups -OCH3 is 1. The van der Waals surface area contributed by atoms with Crippen molar-refractivity contribution in [2.45, 2.75) is 30.7 Å². The van der Waals surface area contributed by atoms with Crippen molar-refractivity contribution in [3.8, 4) is 28.6 Å². The van der Waals surface area contributed by atoms with Gasteiger partial charge in [-0.25, -0.2) is 0 Å². The first-order valence-electron chi connectivity index (χ1n) is 9.75. The fraction of sp³-hybridized carbons (Fsp3) is 0.318. The molecule has 2 aromatic carbocycles. The van der Waals surface area contributed by atoms with Crippen LogP contribution in [0.5, 0.6) is 17.2 Å². The van der Waals surface area contributed by atoms with E-state index in [9.17, 15) is 30.3 Å². The topological polar surface area (TPSA) is 159 Å². The number of hydrogen-bond acceptors (Lipinski definition) is 10. The van der Waals surface area contributed by atoms with Crippen LogP contribution in [-0.2, 0) is 4.74 Å². The maximum absolute atomic E-state index is 12.7. The summed E-state index contributed by atoms with van der Waals surface area (Å²) in [5.74, 6) is 0.258. The molecule has 1 aliphatic heterocycles. The molecule has 0 aliphatic carbocycles. The van der Waals surface area contributed by atoms with Gasteiger partial charge in [0.15, 0.2) is 5.43 Å². The number of aliphatic hydroxyl groups excluding tert-OH is 4. The minimum absolute atomic E-state index is 0.0121. The molecule has 32 heavy (non-hydrogen) atoms. The Kier molecular flexibility index (Phi) is 6.04. The van der Waals surface area contributed by atoms with Crippen LogP contribution in [0, 0.1) is 0 Å². The van der Waals surface area contributed by atoms with Crippen molar-refractivity contribution in [2.24, 2.45) is 0 Å². The largest absolute Gasteiger partial charge is 0.507 e. The number of para-hydroxylation sites is 1. The molecule has 1 aromatic heterocycles. The van der Waals surface area contributed by atoms with Crippen molar-refractivity contribution in [3.05, 3.63) is 52.7 Å². The summed E-state index contributed by atoms with van der Waals surface area (Å²) in [6.45, 7) is -0.600. The van der Waals surface area contributed by atoms with Gasteiger partial charge in [0.25, 0.3) is 0 Å². The van der Waals surface area contributed by atoms with Crippen LogP contribution in [0.4, 0.5) is 0 Å². The number of hydrogen-bond donors (Lipinski definition) is 5. The number of aliphatic hydroxyl groups is 4. The highest BCUT2D eigenvalue weighted by atomic mass is 16.7. The third-order valence-corrected chi connectivity index (χ3v) is 5.26. The lowest BCUT2D eigenvalue weighted by Crippen LogP contribution is -2.60. The zero-order valence-corrected chi connectivity index (χ0v) is 16.9. The molecule has 0 bridgehead atoms. The number of benzene rings is 2. The minimum Gasteiger partial charge on any atom is -0.507 e. The highest BCUT2D eigenvalue weighted by Gasteiger charge is 2.44. The van der Waals surface area contributed by atoms with Crippen LogP contribution in [0.25, 0.3) is 22.3 Å². The van der Waals surface area contributed by atoms with Gasteiger partial charge in [0.2, 0.25) is 6.29 Å². The molecule has 4 rings (SSSR count). The number of aromatic hydroxyl groups is 1. The summed E-state index contributed by atoms with van der Waals surface area (Å²) in [4.78, 5) is 12.7. The van der Waals surface area contributed by atoms with Gasteiger partial charge in [-0.15, -0.1) is 0 Å². The summed E-state index contributed by atoms with van der Waals surface area (Å²) in [7, 11) is 1.41. The van der Waals surface area contributed by atoms with E-state index in [-0.39, 0.29) is 28.2 Å². The van der Waals surface area contributed by atoms with Gasteiger partial charge in [-0.3, -0.25) is 4.79 Å². The number of ether oxygens (including phenoxy) is 3. The summed E-state index contributed by atoms with van der Waals surface area (Å²) in [5.41, 5.74) is -0.0817. The van der Waals surface area contributed by atoms with Gasteiger partial charge in [0.05, 0.1) is 19.3 Å². The Morgan fingerprint density at radius 3 is 2.50 bits per heavy atom. The molecule has 2 unspecified atom stereocenters. The average Bonchev–Trinajstić information content (AvgIpc) is 2.79. The first kappa shape index (κ1) is 22.1. The summed E-state index contributed by atoms with van der Waals surface area (Å²) in [6, 6.07) is 10.4. The van der Waals surface area contributed by atoms with Crippen molar-refractivity contribution in [2.75, 3.05) is 13.7 Å². The Labute approximate surface area is 181 Å². The van der Waals surface area contributed by atoms with E-state index in [1.807, 2.05) is 0 Å². The van der Waals surface area contributed by atoms with E-state index in [2.05, 4.69) is 0 Å². The first-order chi connectivity index (χ1) is 15.3. The molecule has 2 heterocycles. The maximum atomic E-state index is 12.7. The van der Waals surface area contributed by atoms with Gasteiger partial charge in [-0.2, -0.15) is 0 Å². The van der Waals surface area contributed by atoms with Crippen molar-refractivity contribution >= 4 is 11.0 Å². The highest BCUT2D eigenvalue weighted by molar-refractivity contribution is 5.86. The van der Waals surface area contributed by atoms with Crippen LogP contribution in [0.15, 0.2) is 51.7 Å². The van der Waals surface area contributed by atoms with Gasteiger partial charge < -0.3 is 44.2 Å². The Morgan fingerprint density at radius 2 is 1.78 bits per heavy atom. The predicted octanol–water partition coefficient (Wildman–Crippen LogP) is 0.353. The van der Waals surface area contributed by atoms with Crippen molar-refractivity contribution in [1.29, 1.82) is 0 Å². The van der Waals surface area contributed by atoms with E-state index in [0.29, 0.717) is 11.3 Å². The standard InChI is InChI=1S/C22H22O10/c1-29-10-6-12(24)18-13(25)8-15(30-16(18)7-10)11-4-2-3-5-14(11)31-22-21(28)20(27)19(26)17(9-23)32-22/h2-8,17,19-24,26-28H,9H2,1H3/t17?,19-,20+,21?,22-/m1/s1. The quantitative estimate of drug-likeness (QED) is 0.370. The smallest absolute Gasteiger partial charge is 0.229 e. The Balaban J connectivity index is 1.74. The summed E-state index contributed by atoms with van der Waals surface area (Å²) >= 11 is 0. The molecular weight excluding hydrogens is 424 g/mol. The van der Waals surface area contributed by atoms with E-state index in [0.717, 1.165) is 0 Å². The fourth-order valence-electron chi connectivity index (χ4n) is 3.56. The fourth-order valence-corrected chi connectivity index (χ4v) is 3.56. The molecule has 5 atom stereocenters. The highest BCUT2D eigenvalue weighted by Crippen LogP contribution is 2.35. The lowest BCUT2D eigenvalue weighted by molar-refractivity contribution is -0.277. The third-order valence-electron chi connectivity index (χ3n) is 5.26. The minimum atomic E-state index is -1.61. The van der Waals surface area contributed by atoms with Gasteiger partial charge in [-0.1, -0.05) is 12.1 Å². The summed E-state index contributed by atoms with van der Waals surface area (Å²) < 4.78 is 22.1. The molecule has 0 amide bonds. The second-order valence-corrected chi connectivity index (χ2v) is 7.31. The Bertz CT molecular complexity index is 1170. The zero-order chi connectivity index (χ0) is 23.0. The molecule has 1 saturated heterocycles. The molecule has 5 N–H and O–H groups in total. The molecular formula is C22H22O10. The van der Waals surface area contributed by atoms with Crippen LogP contribution in [-0.4, -0.2) is 70.0 Å². The van der Waals surface area contributed by atoms with E-state index < -0.39 is 42.7 Å². The monoisotopic (exact) mass is 446 g/mol. The van der Waals surface area contributed by atoms with E-state index >= 15 is 0 Å². The van der Waals surface area contributed by atoms with Crippen LogP contribution < -0.4 is 14.9 Å². The van der Waals surface area contributed by atoms with Gasteiger partial charge >= 0.3 is 0 Å². The molecule has 0 radical (unpaired) electrons. The molecule has 0 spiro atoms. The lowest BCUT2D eigenvalue weighted by atomic mass is 9.99. The maximum Gasteiger partial charge on any atom is 0.229 e. The van der Waals surface area contributed by atoms with Crippen LogP contribution >= 0.6 is 0 Å². The number of fused-ring (bicyclic) bond motifs is 1. The van der Waals surface area contributed by atoms with Crippen molar-refractivity contribution in [3.63, 3.8) is 0 Å². The second-order valence-electron chi connectivity index (χ2n) is 7.31. The van der Waals surface area contributed by atoms with Crippen LogP contribution in [0.3, 0.4) is 0 Å². The predicted molar refractivity (Wildman–Crippen MR) is 111 cm³/mol. The van der Waals surface area contributed by atoms with Crippen LogP contribution in [0.1, 0.15) is 0 Å². The molecule has 0 saturated carbocycles. The lowest BCUT2D eigenvalue weighted by Gasteiger charge is -2.39. The number of rotatable bonds is 5. The normalized spacial score (nSPS) is 25.6. The van der Waals surface area contributed by atoms with Crippen molar-refractivity contribution < 1.29 is 44.2 Å². The molecule has 10 nitrogen and oxygen atoms in total. The third kappa shape index (κ3) is 3.90. The zero-order valence-electron chi connectivity index (χ0n) is 16.9. The number of phenols is 1. The van der Waals surface area contributed by atoms with E-state index in [4.69, 9.17) is 18.6 Å². The Hall–Kier alpha value is -3.15. The molecule has 170 valence electrons. The number of phenolic OH excluding ortho intramolecular Hbond substituents is 1. The molecule has 10 heteroatoms. The second kappa shape index (κ2) is 8.77. The van der Waals surface area contributed by atoms with E-state index in [1.54, 1.807) is 18.2 Å². The van der Waals surface area contributed by atoms with E-state index in [1.165, 1.54) is 31.4 Å². The van der Waals surface area contributed by atoms with Gasteiger partial charge in [0, 0.05) is 18.2 Å². The summed E-state index contributed by atoms with van der Waals surface area (Å²) in [6.07, 6.45) is -7.29. The van der Waals surface area contributed by atoms with Crippen LogP contribution in [0.2, 0.25) is 0 Å². The average molecular weight is 446 g/mol. The molecule has 1 aliphatic rings. The SMILES string of the molecule is COc1cc(O)c2c(=O)cc(-c3ccccc3O[C@@H]3OC(CO)[C@@H](O)[C@H](O)C3O)oc2c1. The summed E-state index contributed by atoms with van der Waals surface area (Å²) in [5, 5.41) is 49.7. The molecule has 1 fully saturated rings. The molecule has 3 aromatic rings. The first-order valence-corrected chi connectivity index (χ1v) is 9.75. The van der Waals surface area contributed by atoms with Gasteiger partial charge in [0.1, 0.15) is 58.4 Å². The van der Waals surface area contributed by atoms with Gasteiger partial charge in [-0.05, 0) is 12.1 Å².